The van der Waals surface area contributed by atoms with E-state index in [1.165, 1.54) is 50.5 Å². The molecule has 0 saturated heterocycles. The maximum Gasteiger partial charge on any atom is 0.338 e. The molecular formula is C19H22N2O7S2. The zero-order chi connectivity index (χ0) is 22.7. The monoisotopic (exact) mass is 454 g/mol. The highest BCUT2D eigenvalue weighted by molar-refractivity contribution is 7.90. The van der Waals surface area contributed by atoms with Crippen molar-refractivity contribution in [2.45, 2.75) is 16.7 Å². The van der Waals surface area contributed by atoms with Crippen molar-refractivity contribution in [2.75, 3.05) is 32.3 Å². The Labute approximate surface area is 175 Å². The molecule has 0 aliphatic carbocycles. The molecule has 0 fully saturated rings. The highest BCUT2D eigenvalue weighted by Crippen LogP contribution is 2.22. The summed E-state index contributed by atoms with van der Waals surface area (Å²) in [4.78, 5) is 24.2. The summed E-state index contributed by atoms with van der Waals surface area (Å²) in [5, 5.41) is 2.48. The molecule has 9 nitrogen and oxygen atoms in total. The van der Waals surface area contributed by atoms with E-state index in [-0.39, 0.29) is 21.0 Å². The molecule has 0 heterocycles. The Hall–Kier alpha value is -2.76. The largest absolute Gasteiger partial charge is 0.452 e. The molecule has 0 bridgehead atoms. The minimum Gasteiger partial charge on any atom is -0.452 e. The first-order chi connectivity index (χ1) is 13.8. The van der Waals surface area contributed by atoms with Gasteiger partial charge in [-0.1, -0.05) is 6.07 Å². The van der Waals surface area contributed by atoms with Gasteiger partial charge in [-0.3, -0.25) is 4.79 Å². The maximum absolute atomic E-state index is 12.4. The van der Waals surface area contributed by atoms with Gasteiger partial charge in [-0.25, -0.2) is 25.9 Å². The van der Waals surface area contributed by atoms with Crippen LogP contribution in [-0.2, 0) is 29.4 Å². The smallest absolute Gasteiger partial charge is 0.338 e. The number of esters is 1. The van der Waals surface area contributed by atoms with Crippen molar-refractivity contribution < 1.29 is 31.2 Å². The summed E-state index contributed by atoms with van der Waals surface area (Å²) >= 11 is 0. The molecule has 1 amide bonds. The third kappa shape index (κ3) is 5.65. The predicted molar refractivity (Wildman–Crippen MR) is 111 cm³/mol. The third-order valence-electron chi connectivity index (χ3n) is 4.08. The van der Waals surface area contributed by atoms with Crippen molar-refractivity contribution in [3.05, 3.63) is 53.6 Å². The lowest BCUT2D eigenvalue weighted by atomic mass is 10.2. The Morgan fingerprint density at radius 1 is 1.00 bits per heavy atom. The van der Waals surface area contributed by atoms with E-state index in [0.29, 0.717) is 5.56 Å². The first-order valence-electron chi connectivity index (χ1n) is 8.62. The highest BCUT2D eigenvalue weighted by atomic mass is 32.2. The number of anilines is 1. The van der Waals surface area contributed by atoms with Crippen LogP contribution in [0.4, 0.5) is 5.69 Å². The molecule has 30 heavy (non-hydrogen) atoms. The average molecular weight is 455 g/mol. The van der Waals surface area contributed by atoms with Gasteiger partial charge in [0, 0.05) is 26.0 Å². The third-order valence-corrected chi connectivity index (χ3v) is 7.17. The minimum absolute atomic E-state index is 0.0493. The van der Waals surface area contributed by atoms with E-state index in [9.17, 15) is 26.4 Å². The summed E-state index contributed by atoms with van der Waals surface area (Å²) in [7, 11) is -4.27. The Bertz CT molecular complexity index is 1170. The van der Waals surface area contributed by atoms with E-state index in [1.54, 1.807) is 13.0 Å². The van der Waals surface area contributed by atoms with Gasteiger partial charge < -0.3 is 10.1 Å². The van der Waals surface area contributed by atoms with Gasteiger partial charge >= 0.3 is 5.97 Å². The molecule has 0 aromatic heterocycles. The number of benzene rings is 2. The van der Waals surface area contributed by atoms with Crippen molar-refractivity contribution in [1.82, 2.24) is 4.31 Å². The van der Waals surface area contributed by atoms with E-state index in [4.69, 9.17) is 4.74 Å². The van der Waals surface area contributed by atoms with Crippen LogP contribution in [0.2, 0.25) is 0 Å². The van der Waals surface area contributed by atoms with E-state index >= 15 is 0 Å². The Morgan fingerprint density at radius 3 is 2.13 bits per heavy atom. The van der Waals surface area contributed by atoms with Crippen LogP contribution >= 0.6 is 0 Å². The molecule has 0 atom stereocenters. The molecule has 2 aromatic rings. The van der Waals surface area contributed by atoms with Crippen molar-refractivity contribution in [1.29, 1.82) is 0 Å². The first kappa shape index (κ1) is 23.5. The summed E-state index contributed by atoms with van der Waals surface area (Å²) in [5.41, 5.74) is 0.843. The predicted octanol–water partition coefficient (Wildman–Crippen LogP) is 1.44. The van der Waals surface area contributed by atoms with Gasteiger partial charge in [0.2, 0.25) is 10.0 Å². The summed E-state index contributed by atoms with van der Waals surface area (Å²) in [5.74, 6) is -1.46. The van der Waals surface area contributed by atoms with Crippen molar-refractivity contribution >= 4 is 37.4 Å². The zero-order valence-electron chi connectivity index (χ0n) is 16.9. The van der Waals surface area contributed by atoms with Gasteiger partial charge in [0.1, 0.15) is 0 Å². The van der Waals surface area contributed by atoms with E-state index in [0.717, 1.165) is 10.6 Å². The molecule has 2 aromatic carbocycles. The number of rotatable bonds is 7. The number of aryl methyl sites for hydroxylation is 1. The van der Waals surface area contributed by atoms with Crippen molar-refractivity contribution in [3.63, 3.8) is 0 Å². The number of carbonyl (C=O) groups excluding carboxylic acids is 2. The number of carbonyl (C=O) groups is 2. The summed E-state index contributed by atoms with van der Waals surface area (Å²) in [6, 6.07) is 9.53. The maximum atomic E-state index is 12.4. The van der Waals surface area contributed by atoms with Crippen molar-refractivity contribution in [2.24, 2.45) is 0 Å². The number of hydrogen-bond acceptors (Lipinski definition) is 7. The molecule has 0 aliphatic heterocycles. The summed E-state index contributed by atoms with van der Waals surface area (Å²) < 4.78 is 53.6. The second-order valence-corrected chi connectivity index (χ2v) is 10.8. The lowest BCUT2D eigenvalue weighted by molar-refractivity contribution is -0.119. The molecule has 0 saturated carbocycles. The van der Waals surface area contributed by atoms with Crippen LogP contribution in [0.3, 0.4) is 0 Å². The molecule has 0 unspecified atom stereocenters. The molecule has 1 N–H and O–H groups in total. The van der Waals surface area contributed by atoms with E-state index in [1.807, 2.05) is 0 Å². The second kappa shape index (κ2) is 8.94. The SMILES string of the molecule is Cc1ccc(NC(=O)COC(=O)c2ccc(S(C)(=O)=O)cc2)cc1S(=O)(=O)N(C)C. The number of nitrogens with one attached hydrogen (secondary N) is 1. The number of hydrogen-bond donors (Lipinski definition) is 1. The van der Waals surface area contributed by atoms with Gasteiger partial charge in [-0.05, 0) is 48.9 Å². The molecule has 0 radical (unpaired) electrons. The Morgan fingerprint density at radius 2 is 1.60 bits per heavy atom. The number of amides is 1. The Kier molecular flexibility index (Phi) is 7.01. The van der Waals surface area contributed by atoms with Gasteiger partial charge in [0.25, 0.3) is 5.91 Å². The fraction of sp³-hybridized carbons (Fsp3) is 0.263. The number of sulfone groups is 1. The van der Waals surface area contributed by atoms with Gasteiger partial charge in [0.15, 0.2) is 16.4 Å². The fourth-order valence-electron chi connectivity index (χ4n) is 2.40. The lowest BCUT2D eigenvalue weighted by Crippen LogP contribution is -2.24. The van der Waals surface area contributed by atoms with Crippen LogP contribution in [0.15, 0.2) is 52.3 Å². The molecule has 0 spiro atoms. The normalized spacial score (nSPS) is 11.9. The summed E-state index contributed by atoms with van der Waals surface area (Å²) in [6.07, 6.45) is 1.05. The zero-order valence-corrected chi connectivity index (χ0v) is 18.5. The number of sulfonamides is 1. The molecule has 11 heteroatoms. The van der Waals surface area contributed by atoms with Crippen LogP contribution in [-0.4, -0.2) is 60.0 Å². The molecular weight excluding hydrogens is 432 g/mol. The van der Waals surface area contributed by atoms with Crippen LogP contribution in [0, 0.1) is 6.92 Å². The van der Waals surface area contributed by atoms with Crippen LogP contribution in [0.25, 0.3) is 0 Å². The van der Waals surface area contributed by atoms with Crippen LogP contribution in [0.5, 0.6) is 0 Å². The van der Waals surface area contributed by atoms with Crippen LogP contribution in [0.1, 0.15) is 15.9 Å². The topological polar surface area (TPSA) is 127 Å². The second-order valence-electron chi connectivity index (χ2n) is 6.69. The minimum atomic E-state index is -3.69. The highest BCUT2D eigenvalue weighted by Gasteiger charge is 2.20. The summed E-state index contributed by atoms with van der Waals surface area (Å²) in [6.45, 7) is 1.04. The van der Waals surface area contributed by atoms with E-state index < -0.39 is 38.3 Å². The standard InChI is InChI=1S/C19H22N2O7S2/c1-13-5-8-15(11-17(13)30(26,27)21(2)3)20-18(22)12-28-19(23)14-6-9-16(10-7-14)29(4,24)25/h5-11H,12H2,1-4H3,(H,20,22). The van der Waals surface area contributed by atoms with Crippen LogP contribution < -0.4 is 5.32 Å². The van der Waals surface area contributed by atoms with Gasteiger partial charge in [0.05, 0.1) is 15.4 Å². The molecule has 162 valence electrons. The molecule has 2 rings (SSSR count). The van der Waals surface area contributed by atoms with Gasteiger partial charge in [-0.2, -0.15) is 0 Å². The quantitative estimate of drug-likeness (QED) is 0.627. The first-order valence-corrected chi connectivity index (χ1v) is 12.0. The lowest BCUT2D eigenvalue weighted by Gasteiger charge is -2.15. The molecule has 0 aliphatic rings. The fourth-order valence-corrected chi connectivity index (χ4v) is 4.18. The van der Waals surface area contributed by atoms with E-state index in [2.05, 4.69) is 5.32 Å². The van der Waals surface area contributed by atoms with Gasteiger partial charge in [-0.15, -0.1) is 0 Å². The number of ether oxygens (including phenoxy) is 1. The number of nitrogens with zero attached hydrogens (tertiary/aromatic N) is 1. The Balaban J connectivity index is 2.04. The average Bonchev–Trinajstić information content (AvgIpc) is 2.66. The van der Waals surface area contributed by atoms with Crippen molar-refractivity contribution in [3.8, 4) is 0 Å².